The van der Waals surface area contributed by atoms with Crippen molar-refractivity contribution in [2.45, 2.75) is 6.42 Å². The Hall–Kier alpha value is -2.46. The highest BCUT2D eigenvalue weighted by atomic mass is 35.5. The summed E-state index contributed by atoms with van der Waals surface area (Å²) in [5.74, 6) is -1.89. The van der Waals surface area contributed by atoms with Crippen LogP contribution in [0.5, 0.6) is 0 Å². The van der Waals surface area contributed by atoms with Gasteiger partial charge in [0.1, 0.15) is 17.5 Å². The van der Waals surface area contributed by atoms with Gasteiger partial charge in [0, 0.05) is 6.54 Å². The lowest BCUT2D eigenvalue weighted by Crippen LogP contribution is -2.26. The van der Waals surface area contributed by atoms with Crippen molar-refractivity contribution in [3.63, 3.8) is 0 Å². The van der Waals surface area contributed by atoms with Crippen LogP contribution in [0.2, 0.25) is 5.02 Å². The Morgan fingerprint density at radius 3 is 2.61 bits per heavy atom. The van der Waals surface area contributed by atoms with Gasteiger partial charge in [0.25, 0.3) is 0 Å². The van der Waals surface area contributed by atoms with Crippen LogP contribution in [0.1, 0.15) is 6.42 Å². The molecule has 1 aromatic heterocycles. The van der Waals surface area contributed by atoms with Crippen molar-refractivity contribution in [3.05, 3.63) is 17.2 Å². The van der Waals surface area contributed by atoms with E-state index in [1.807, 2.05) is 12.1 Å². The molecule has 1 aliphatic heterocycles. The van der Waals surface area contributed by atoms with Crippen LogP contribution >= 0.6 is 23.3 Å². The third kappa shape index (κ3) is 4.76. The first-order chi connectivity index (χ1) is 11.0. The average Bonchev–Trinajstić information content (AvgIpc) is 3.12. The number of aliphatic imine (C=N–C) groups is 1. The molecule has 0 unspecified atom stereocenters. The van der Waals surface area contributed by atoms with Crippen LogP contribution in [-0.2, 0) is 9.59 Å². The normalized spacial score (nSPS) is 12.8. The van der Waals surface area contributed by atoms with E-state index >= 15 is 0 Å². The molecule has 23 heavy (non-hydrogen) atoms. The first-order valence-corrected chi connectivity index (χ1v) is 7.48. The zero-order valence-electron chi connectivity index (χ0n) is 11.6. The predicted octanol–water partition coefficient (Wildman–Crippen LogP) is 1.26. The first kappa shape index (κ1) is 16.9. The zero-order chi connectivity index (χ0) is 16.8. The van der Waals surface area contributed by atoms with Gasteiger partial charge in [0.05, 0.1) is 29.0 Å². The minimum Gasteiger partial charge on any atom is -0.481 e. The van der Waals surface area contributed by atoms with Gasteiger partial charge < -0.3 is 20.8 Å². The summed E-state index contributed by atoms with van der Waals surface area (Å²) in [5.41, 5.74) is 2.39. The molecule has 1 aliphatic rings. The van der Waals surface area contributed by atoms with Crippen molar-refractivity contribution >= 4 is 57.9 Å². The second-order valence-corrected chi connectivity index (χ2v) is 5.24. The van der Waals surface area contributed by atoms with E-state index in [1.54, 1.807) is 0 Å². The number of rotatable bonds is 3. The molecule has 0 radical (unpaired) electrons. The highest BCUT2D eigenvalue weighted by Gasteiger charge is 2.13. The molecule has 9 nitrogen and oxygen atoms in total. The molecule has 122 valence electrons. The number of carboxylic acid groups (broad SMARTS) is 2. The maximum Gasteiger partial charge on any atom is 0.314 e. The zero-order valence-corrected chi connectivity index (χ0v) is 13.2. The number of aromatic nitrogens is 2. The Balaban J connectivity index is 0.000000236. The van der Waals surface area contributed by atoms with Crippen molar-refractivity contribution in [3.8, 4) is 0 Å². The molecule has 0 saturated heterocycles. The number of carbonyl (C=O) groups is 2. The molecule has 2 heterocycles. The maximum absolute atomic E-state index is 9.43. The second kappa shape index (κ2) is 7.70. The second-order valence-electron chi connectivity index (χ2n) is 4.30. The molecular formula is C12H12ClN5O4S. The van der Waals surface area contributed by atoms with Gasteiger partial charge in [0.2, 0.25) is 0 Å². The van der Waals surface area contributed by atoms with Gasteiger partial charge in [-0.25, -0.2) is 0 Å². The van der Waals surface area contributed by atoms with E-state index in [1.165, 1.54) is 11.7 Å². The van der Waals surface area contributed by atoms with Gasteiger partial charge in [-0.05, 0) is 12.1 Å². The fourth-order valence-electron chi connectivity index (χ4n) is 1.68. The Bertz CT molecular complexity index is 751. The first-order valence-electron chi connectivity index (χ1n) is 6.37. The molecule has 3 rings (SSSR count). The van der Waals surface area contributed by atoms with E-state index < -0.39 is 18.4 Å². The maximum atomic E-state index is 9.43. The lowest BCUT2D eigenvalue weighted by atomic mass is 10.2. The number of nitrogens with one attached hydrogen (secondary N) is 2. The highest BCUT2D eigenvalue weighted by molar-refractivity contribution is 7.00. The van der Waals surface area contributed by atoms with E-state index in [0.29, 0.717) is 5.02 Å². The molecular weight excluding hydrogens is 346 g/mol. The molecule has 1 aromatic carbocycles. The lowest BCUT2D eigenvalue weighted by molar-refractivity contribution is -0.147. The number of aliphatic carboxylic acids is 2. The van der Waals surface area contributed by atoms with E-state index in [2.05, 4.69) is 24.4 Å². The molecule has 0 fully saturated rings. The minimum absolute atomic E-state index is 0.622. The van der Waals surface area contributed by atoms with Crippen molar-refractivity contribution in [2.24, 2.45) is 4.99 Å². The number of hydrogen-bond donors (Lipinski definition) is 4. The minimum atomic E-state index is -1.31. The number of benzene rings is 1. The standard InChI is InChI=1S/C9H8ClN5S.C3H4O4/c10-5-1-2-6-8(15-16-14-6)7(5)13-9-11-3-4-12-9;4-2(5)1-3(6)7/h1-2H,3-4H2,(H2,11,12,13);1H2,(H,4,5)(H,6,7). The molecule has 2 aromatic rings. The van der Waals surface area contributed by atoms with Crippen LogP contribution in [0.15, 0.2) is 17.1 Å². The summed E-state index contributed by atoms with van der Waals surface area (Å²) >= 11 is 7.30. The molecule has 0 spiro atoms. The number of anilines is 1. The van der Waals surface area contributed by atoms with Crippen LogP contribution < -0.4 is 10.6 Å². The van der Waals surface area contributed by atoms with Crippen LogP contribution in [0.25, 0.3) is 11.0 Å². The summed E-state index contributed by atoms with van der Waals surface area (Å²) in [6.07, 6.45) is -0.806. The quantitative estimate of drug-likeness (QED) is 0.602. The van der Waals surface area contributed by atoms with Crippen molar-refractivity contribution in [1.29, 1.82) is 0 Å². The summed E-state index contributed by atoms with van der Waals surface area (Å²) in [6, 6.07) is 3.67. The molecule has 0 bridgehead atoms. The number of carboxylic acids is 2. The Kier molecular flexibility index (Phi) is 5.66. The molecule has 0 saturated carbocycles. The van der Waals surface area contributed by atoms with Gasteiger partial charge in [-0.3, -0.25) is 14.6 Å². The van der Waals surface area contributed by atoms with Gasteiger partial charge in [-0.1, -0.05) is 11.6 Å². The van der Waals surface area contributed by atoms with E-state index in [4.69, 9.17) is 21.8 Å². The monoisotopic (exact) mass is 357 g/mol. The van der Waals surface area contributed by atoms with Crippen LogP contribution in [0, 0.1) is 0 Å². The number of halogens is 1. The van der Waals surface area contributed by atoms with Crippen molar-refractivity contribution in [1.82, 2.24) is 14.1 Å². The van der Waals surface area contributed by atoms with Gasteiger partial charge in [0.15, 0.2) is 5.96 Å². The molecule has 0 atom stereocenters. The number of fused-ring (bicyclic) bond motifs is 1. The molecule has 0 aliphatic carbocycles. The third-order valence-corrected chi connectivity index (χ3v) is 3.45. The fraction of sp³-hybridized carbons (Fsp3) is 0.250. The summed E-state index contributed by atoms with van der Waals surface area (Å²) in [6.45, 7) is 1.64. The summed E-state index contributed by atoms with van der Waals surface area (Å²) in [4.78, 5) is 23.1. The summed E-state index contributed by atoms with van der Waals surface area (Å²) < 4.78 is 8.39. The molecule has 0 amide bonds. The Morgan fingerprint density at radius 1 is 1.30 bits per heavy atom. The SMILES string of the molecule is Clc1ccc2nsnc2c1NC1=NCCN1.O=C(O)CC(=O)O. The van der Waals surface area contributed by atoms with E-state index in [-0.39, 0.29) is 0 Å². The number of hydrogen-bond acceptors (Lipinski definition) is 8. The Morgan fingerprint density at radius 2 is 2.04 bits per heavy atom. The summed E-state index contributed by atoms with van der Waals surface area (Å²) in [7, 11) is 0. The summed E-state index contributed by atoms with van der Waals surface area (Å²) in [5, 5.41) is 22.3. The topological polar surface area (TPSA) is 137 Å². The number of guanidine groups is 1. The van der Waals surface area contributed by atoms with Crippen molar-refractivity contribution < 1.29 is 19.8 Å². The lowest BCUT2D eigenvalue weighted by Gasteiger charge is -2.08. The van der Waals surface area contributed by atoms with E-state index in [0.717, 1.165) is 35.8 Å². The molecule has 4 N–H and O–H groups in total. The largest absolute Gasteiger partial charge is 0.481 e. The predicted molar refractivity (Wildman–Crippen MR) is 86.2 cm³/mol. The van der Waals surface area contributed by atoms with Crippen LogP contribution in [0.4, 0.5) is 5.69 Å². The molecule has 11 heteroatoms. The third-order valence-electron chi connectivity index (χ3n) is 2.60. The number of nitrogens with zero attached hydrogens (tertiary/aromatic N) is 3. The smallest absolute Gasteiger partial charge is 0.314 e. The van der Waals surface area contributed by atoms with Crippen molar-refractivity contribution in [2.75, 3.05) is 18.4 Å². The van der Waals surface area contributed by atoms with Crippen LogP contribution in [-0.4, -0.2) is 49.9 Å². The fourth-order valence-corrected chi connectivity index (χ4v) is 2.42. The van der Waals surface area contributed by atoms with Gasteiger partial charge >= 0.3 is 11.9 Å². The van der Waals surface area contributed by atoms with E-state index in [9.17, 15) is 9.59 Å². The highest BCUT2D eigenvalue weighted by Crippen LogP contribution is 2.29. The van der Waals surface area contributed by atoms with Gasteiger partial charge in [-0.2, -0.15) is 8.75 Å². The van der Waals surface area contributed by atoms with Crippen LogP contribution in [0.3, 0.4) is 0 Å². The average molecular weight is 358 g/mol. The Labute approximate surface area is 139 Å². The van der Waals surface area contributed by atoms with Gasteiger partial charge in [-0.15, -0.1) is 0 Å².